The van der Waals surface area contributed by atoms with Crippen molar-refractivity contribution in [1.82, 2.24) is 0 Å². The van der Waals surface area contributed by atoms with Crippen LogP contribution < -0.4 is 0 Å². The van der Waals surface area contributed by atoms with E-state index in [4.69, 9.17) is 0 Å². The predicted octanol–water partition coefficient (Wildman–Crippen LogP) is 3.50. The van der Waals surface area contributed by atoms with Crippen LogP contribution in [-0.2, 0) is 0 Å². The normalized spacial score (nSPS) is 11.0. The highest BCUT2D eigenvalue weighted by Gasteiger charge is 1.97. The maximum atomic E-state index is 4.25. The number of rotatable bonds is 3. The molecule has 0 saturated heterocycles. The quantitative estimate of drug-likeness (QED) is 0.446. The second-order valence-corrected chi connectivity index (χ2v) is 2.76. The first kappa shape index (κ1) is 10.9. The zero-order valence-corrected chi connectivity index (χ0v) is 8.39. The summed E-state index contributed by atoms with van der Waals surface area (Å²) in [5, 5.41) is 0. The van der Waals surface area contributed by atoms with Crippen LogP contribution in [0.5, 0.6) is 0 Å². The first-order valence-electron chi connectivity index (χ1n) is 4.11. The van der Waals surface area contributed by atoms with E-state index in [9.17, 15) is 0 Å². The second-order valence-electron chi connectivity index (χ2n) is 2.76. The Morgan fingerprint density at radius 2 is 1.83 bits per heavy atom. The number of hydrogen-bond acceptors (Lipinski definition) is 1. The molecule has 0 saturated carbocycles. The highest BCUT2D eigenvalue weighted by atomic mass is 14.7. The largest absolute Gasteiger partial charge is 0.261 e. The molecule has 0 bridgehead atoms. The van der Waals surface area contributed by atoms with Crippen LogP contribution in [0.15, 0.2) is 40.6 Å². The lowest BCUT2D eigenvalue weighted by Crippen LogP contribution is -1.85. The number of nitrogens with zero attached hydrogens (tertiary/aromatic N) is 1. The average Bonchev–Trinajstić information content (AvgIpc) is 1.99. The minimum Gasteiger partial charge on any atom is -0.261 e. The van der Waals surface area contributed by atoms with Crippen LogP contribution in [0.2, 0.25) is 0 Å². The summed E-state index contributed by atoms with van der Waals surface area (Å²) in [4.78, 5) is 4.25. The van der Waals surface area contributed by atoms with E-state index in [1.165, 1.54) is 5.57 Å². The molecule has 0 rings (SSSR count). The molecule has 1 nitrogen and oxygen atoms in total. The summed E-state index contributed by atoms with van der Waals surface area (Å²) in [5.74, 6) is 0. The van der Waals surface area contributed by atoms with Gasteiger partial charge in [0.2, 0.25) is 0 Å². The topological polar surface area (TPSA) is 12.4 Å². The molecular weight excluding hydrogens is 146 g/mol. The Balaban J connectivity index is 4.78. The van der Waals surface area contributed by atoms with Gasteiger partial charge in [0.15, 0.2) is 0 Å². The summed E-state index contributed by atoms with van der Waals surface area (Å²) < 4.78 is 0. The van der Waals surface area contributed by atoms with Crippen LogP contribution in [0.1, 0.15) is 27.7 Å². The fourth-order valence-electron chi connectivity index (χ4n) is 0.942. The maximum absolute atomic E-state index is 4.25. The fraction of sp³-hybridized carbons (Fsp3) is 0.364. The van der Waals surface area contributed by atoms with E-state index in [2.05, 4.69) is 11.6 Å². The summed E-state index contributed by atoms with van der Waals surface area (Å²) in [5.41, 5.74) is 3.14. The van der Waals surface area contributed by atoms with Gasteiger partial charge in [-0.1, -0.05) is 24.3 Å². The van der Waals surface area contributed by atoms with Gasteiger partial charge >= 0.3 is 0 Å². The van der Waals surface area contributed by atoms with Crippen molar-refractivity contribution in [2.45, 2.75) is 27.7 Å². The lowest BCUT2D eigenvalue weighted by molar-refractivity contribution is 1.22. The molecule has 0 spiro atoms. The van der Waals surface area contributed by atoms with Crippen molar-refractivity contribution in [1.29, 1.82) is 0 Å². The van der Waals surface area contributed by atoms with Crippen LogP contribution in [0.25, 0.3) is 0 Å². The minimum atomic E-state index is 0.968. The molecule has 0 unspecified atom stereocenters. The predicted molar refractivity (Wildman–Crippen MR) is 56.5 cm³/mol. The van der Waals surface area contributed by atoms with Gasteiger partial charge in [-0.05, 0) is 33.3 Å². The zero-order valence-electron chi connectivity index (χ0n) is 8.39. The van der Waals surface area contributed by atoms with E-state index < -0.39 is 0 Å². The van der Waals surface area contributed by atoms with Crippen molar-refractivity contribution in [3.05, 3.63) is 35.6 Å². The van der Waals surface area contributed by atoms with Crippen molar-refractivity contribution in [2.24, 2.45) is 4.99 Å². The summed E-state index contributed by atoms with van der Waals surface area (Å²) in [6.07, 6.45) is 5.72. The fourth-order valence-corrected chi connectivity index (χ4v) is 0.942. The second kappa shape index (κ2) is 5.53. The molecule has 0 aliphatic heterocycles. The van der Waals surface area contributed by atoms with Crippen LogP contribution >= 0.6 is 0 Å². The van der Waals surface area contributed by atoms with E-state index >= 15 is 0 Å². The SMILES string of the molecule is C=C(C=CC)C(N=CC)=C(C)C. The third-order valence-corrected chi connectivity index (χ3v) is 1.40. The molecule has 66 valence electrons. The molecule has 0 aromatic heterocycles. The standard InChI is InChI=1S/C11H17N/c1-6-8-10(5)11(9(3)4)12-7-2/h6-8H,5H2,1-4H3. The Morgan fingerprint density at radius 1 is 1.25 bits per heavy atom. The summed E-state index contributed by atoms with van der Waals surface area (Å²) >= 11 is 0. The van der Waals surface area contributed by atoms with Crippen molar-refractivity contribution < 1.29 is 0 Å². The molecule has 0 heterocycles. The lowest BCUT2D eigenvalue weighted by Gasteiger charge is -2.02. The van der Waals surface area contributed by atoms with Gasteiger partial charge < -0.3 is 0 Å². The Kier molecular flexibility index (Phi) is 5.02. The molecule has 0 fully saturated rings. The Morgan fingerprint density at radius 3 is 2.17 bits per heavy atom. The van der Waals surface area contributed by atoms with E-state index in [1.807, 2.05) is 39.8 Å². The molecule has 0 aromatic carbocycles. The van der Waals surface area contributed by atoms with Crippen LogP contribution in [0.3, 0.4) is 0 Å². The Labute approximate surface area is 75.2 Å². The van der Waals surface area contributed by atoms with E-state index in [0.717, 1.165) is 11.3 Å². The summed E-state index contributed by atoms with van der Waals surface area (Å²) in [6, 6.07) is 0. The van der Waals surface area contributed by atoms with E-state index in [0.29, 0.717) is 0 Å². The van der Waals surface area contributed by atoms with Gasteiger partial charge in [-0.3, -0.25) is 4.99 Å². The van der Waals surface area contributed by atoms with Crippen molar-refractivity contribution >= 4 is 6.21 Å². The lowest BCUT2D eigenvalue weighted by atomic mass is 10.1. The molecule has 0 aromatic rings. The Bertz CT molecular complexity index is 238. The number of hydrogen-bond donors (Lipinski definition) is 0. The highest BCUT2D eigenvalue weighted by molar-refractivity contribution is 5.58. The van der Waals surface area contributed by atoms with Gasteiger partial charge in [0.05, 0.1) is 5.70 Å². The monoisotopic (exact) mass is 163 g/mol. The number of aliphatic imine (C=N–C) groups is 1. The third kappa shape index (κ3) is 3.33. The molecule has 0 aliphatic carbocycles. The zero-order chi connectivity index (χ0) is 9.56. The minimum absolute atomic E-state index is 0.968. The van der Waals surface area contributed by atoms with Gasteiger partial charge in [-0.25, -0.2) is 0 Å². The molecule has 0 radical (unpaired) electrons. The molecule has 0 amide bonds. The summed E-state index contributed by atoms with van der Waals surface area (Å²) in [7, 11) is 0. The van der Waals surface area contributed by atoms with Gasteiger partial charge in [-0.2, -0.15) is 0 Å². The van der Waals surface area contributed by atoms with Gasteiger partial charge in [0.1, 0.15) is 0 Å². The van der Waals surface area contributed by atoms with E-state index in [-0.39, 0.29) is 0 Å². The smallest absolute Gasteiger partial charge is 0.0678 e. The van der Waals surface area contributed by atoms with Gasteiger partial charge in [0, 0.05) is 6.21 Å². The van der Waals surface area contributed by atoms with Crippen LogP contribution in [-0.4, -0.2) is 6.21 Å². The Hall–Kier alpha value is -1.11. The van der Waals surface area contributed by atoms with Crippen LogP contribution in [0.4, 0.5) is 0 Å². The first-order chi connectivity index (χ1) is 5.63. The summed E-state index contributed by atoms with van der Waals surface area (Å²) in [6.45, 7) is 11.9. The highest BCUT2D eigenvalue weighted by Crippen LogP contribution is 2.15. The third-order valence-electron chi connectivity index (χ3n) is 1.40. The van der Waals surface area contributed by atoms with Gasteiger partial charge in [-0.15, -0.1) is 0 Å². The molecule has 12 heavy (non-hydrogen) atoms. The maximum Gasteiger partial charge on any atom is 0.0678 e. The van der Waals surface area contributed by atoms with Crippen molar-refractivity contribution in [3.63, 3.8) is 0 Å². The molecule has 0 atom stereocenters. The van der Waals surface area contributed by atoms with Crippen LogP contribution in [0, 0.1) is 0 Å². The van der Waals surface area contributed by atoms with Gasteiger partial charge in [0.25, 0.3) is 0 Å². The molecular formula is C11H17N. The molecule has 1 heteroatoms. The first-order valence-corrected chi connectivity index (χ1v) is 4.11. The molecule has 0 N–H and O–H groups in total. The number of allylic oxidation sites excluding steroid dienone is 3. The van der Waals surface area contributed by atoms with Crippen molar-refractivity contribution in [3.8, 4) is 0 Å². The van der Waals surface area contributed by atoms with Crippen molar-refractivity contribution in [2.75, 3.05) is 0 Å². The average molecular weight is 163 g/mol. The molecule has 0 aliphatic rings. The van der Waals surface area contributed by atoms with E-state index in [1.54, 1.807) is 6.21 Å².